The van der Waals surface area contributed by atoms with Crippen LogP contribution in [0.25, 0.3) is 0 Å². The number of halogens is 2. The first kappa shape index (κ1) is 9.62. The summed E-state index contributed by atoms with van der Waals surface area (Å²) in [6, 6.07) is 0. The molecule has 1 nitrogen and oxygen atoms in total. The Kier molecular flexibility index (Phi) is 3.18. The minimum atomic E-state index is -3.08. The lowest BCUT2D eigenvalue weighted by atomic mass is 9.94. The van der Waals surface area contributed by atoms with Gasteiger partial charge in [-0.2, -0.15) is 8.78 Å². The molecule has 0 aromatic heterocycles. The van der Waals surface area contributed by atoms with Gasteiger partial charge in [0.15, 0.2) is 6.29 Å². The van der Waals surface area contributed by atoms with Crippen LogP contribution in [0.15, 0.2) is 0 Å². The van der Waals surface area contributed by atoms with Crippen LogP contribution >= 0.6 is 0 Å². The van der Waals surface area contributed by atoms with Crippen molar-refractivity contribution in [1.82, 2.24) is 0 Å². The molecule has 1 rings (SSSR count). The van der Waals surface area contributed by atoms with Gasteiger partial charge in [-0.1, -0.05) is 25.7 Å². The second-order valence-electron chi connectivity index (χ2n) is 3.48. The van der Waals surface area contributed by atoms with E-state index in [4.69, 9.17) is 0 Å². The molecule has 0 bridgehead atoms. The van der Waals surface area contributed by atoms with E-state index in [1.807, 2.05) is 0 Å². The van der Waals surface area contributed by atoms with E-state index in [1.165, 1.54) is 0 Å². The van der Waals surface area contributed by atoms with E-state index in [0.717, 1.165) is 25.7 Å². The molecule has 3 heteroatoms. The highest BCUT2D eigenvalue weighted by Gasteiger charge is 2.38. The van der Waals surface area contributed by atoms with Crippen molar-refractivity contribution >= 4 is 6.29 Å². The number of hydrogen-bond acceptors (Lipinski definition) is 1. The highest BCUT2D eigenvalue weighted by atomic mass is 19.3. The van der Waals surface area contributed by atoms with Gasteiger partial charge in [0.05, 0.1) is 0 Å². The summed E-state index contributed by atoms with van der Waals surface area (Å²) >= 11 is 0. The van der Waals surface area contributed by atoms with E-state index < -0.39 is 11.8 Å². The monoisotopic (exact) mass is 176 g/mol. The molecule has 0 spiro atoms. The smallest absolute Gasteiger partial charge is 0.297 e. The number of alkyl halides is 2. The van der Waals surface area contributed by atoms with Crippen LogP contribution in [-0.4, -0.2) is 12.2 Å². The van der Waals surface area contributed by atoms with Gasteiger partial charge >= 0.3 is 5.92 Å². The standard InChI is InChI=1S/C9H14F2O/c10-9(11,7-12)8-5-3-1-2-4-6-8/h7-8H,1-6H2. The van der Waals surface area contributed by atoms with Crippen LogP contribution in [0.4, 0.5) is 8.78 Å². The van der Waals surface area contributed by atoms with Gasteiger partial charge in [-0.05, 0) is 12.8 Å². The fraction of sp³-hybridized carbons (Fsp3) is 0.889. The lowest BCUT2D eigenvalue weighted by molar-refractivity contribution is -0.137. The summed E-state index contributed by atoms with van der Waals surface area (Å²) in [6.07, 6.45) is 4.57. The van der Waals surface area contributed by atoms with Crippen molar-refractivity contribution in [1.29, 1.82) is 0 Å². The van der Waals surface area contributed by atoms with E-state index in [1.54, 1.807) is 0 Å². The predicted octanol–water partition coefficient (Wildman–Crippen LogP) is 2.79. The fourth-order valence-electron chi connectivity index (χ4n) is 1.76. The molecule has 1 saturated carbocycles. The Labute approximate surface area is 71.1 Å². The maximum absolute atomic E-state index is 12.9. The largest absolute Gasteiger partial charge is 0.305 e. The summed E-state index contributed by atoms with van der Waals surface area (Å²) in [5, 5.41) is 0. The molecule has 0 unspecified atom stereocenters. The van der Waals surface area contributed by atoms with Crippen molar-refractivity contribution in [2.75, 3.05) is 0 Å². The van der Waals surface area contributed by atoms with E-state index in [9.17, 15) is 13.6 Å². The van der Waals surface area contributed by atoms with Crippen LogP contribution in [0, 0.1) is 5.92 Å². The molecule has 0 aromatic carbocycles. The first-order chi connectivity index (χ1) is 5.67. The van der Waals surface area contributed by atoms with E-state index in [0.29, 0.717) is 12.8 Å². The van der Waals surface area contributed by atoms with E-state index in [2.05, 4.69) is 0 Å². The Morgan fingerprint density at radius 3 is 2.00 bits per heavy atom. The van der Waals surface area contributed by atoms with Crippen molar-refractivity contribution in [2.45, 2.75) is 44.4 Å². The average Bonchev–Trinajstić information content (AvgIpc) is 2.32. The quantitative estimate of drug-likeness (QED) is 0.467. The first-order valence-corrected chi connectivity index (χ1v) is 4.51. The highest BCUT2D eigenvalue weighted by molar-refractivity contribution is 5.60. The SMILES string of the molecule is O=CC(F)(F)C1CCCCCC1. The van der Waals surface area contributed by atoms with Crippen molar-refractivity contribution in [2.24, 2.45) is 5.92 Å². The zero-order valence-corrected chi connectivity index (χ0v) is 7.06. The third kappa shape index (κ3) is 2.26. The topological polar surface area (TPSA) is 17.1 Å². The zero-order chi connectivity index (χ0) is 9.03. The molecule has 1 fully saturated rings. The molecule has 0 aromatic rings. The molecule has 70 valence electrons. The van der Waals surface area contributed by atoms with Gasteiger partial charge in [0.25, 0.3) is 0 Å². The van der Waals surface area contributed by atoms with Gasteiger partial charge in [0.1, 0.15) is 0 Å². The first-order valence-electron chi connectivity index (χ1n) is 4.51. The molecular formula is C9H14F2O. The summed E-state index contributed by atoms with van der Waals surface area (Å²) in [4.78, 5) is 10.1. The van der Waals surface area contributed by atoms with Gasteiger partial charge < -0.3 is 0 Å². The number of hydrogen-bond donors (Lipinski definition) is 0. The number of carbonyl (C=O) groups excluding carboxylic acids is 1. The van der Waals surface area contributed by atoms with Crippen molar-refractivity contribution in [3.05, 3.63) is 0 Å². The Hall–Kier alpha value is -0.470. The summed E-state index contributed by atoms with van der Waals surface area (Å²) in [5.41, 5.74) is 0. The second-order valence-corrected chi connectivity index (χ2v) is 3.48. The third-order valence-corrected chi connectivity index (χ3v) is 2.56. The van der Waals surface area contributed by atoms with E-state index >= 15 is 0 Å². The molecule has 1 aliphatic rings. The van der Waals surface area contributed by atoms with Crippen LogP contribution in [0.2, 0.25) is 0 Å². The molecule has 0 radical (unpaired) electrons. The van der Waals surface area contributed by atoms with Crippen molar-refractivity contribution in [3.8, 4) is 0 Å². The molecule has 1 aliphatic carbocycles. The molecule has 0 aliphatic heterocycles. The summed E-state index contributed by atoms with van der Waals surface area (Å²) in [5.74, 6) is -3.78. The van der Waals surface area contributed by atoms with Gasteiger partial charge in [-0.25, -0.2) is 0 Å². The number of rotatable bonds is 2. The Morgan fingerprint density at radius 2 is 1.58 bits per heavy atom. The van der Waals surface area contributed by atoms with Crippen LogP contribution in [0.5, 0.6) is 0 Å². The average molecular weight is 176 g/mol. The lowest BCUT2D eigenvalue weighted by Crippen LogP contribution is -2.29. The maximum atomic E-state index is 12.9. The molecule has 12 heavy (non-hydrogen) atoms. The minimum Gasteiger partial charge on any atom is -0.297 e. The summed E-state index contributed by atoms with van der Waals surface area (Å²) in [6.45, 7) is 0. The molecule has 0 atom stereocenters. The number of carbonyl (C=O) groups is 1. The molecule has 0 heterocycles. The Bertz CT molecular complexity index is 149. The third-order valence-electron chi connectivity index (χ3n) is 2.56. The molecular weight excluding hydrogens is 162 g/mol. The van der Waals surface area contributed by atoms with Crippen LogP contribution in [0.1, 0.15) is 38.5 Å². The van der Waals surface area contributed by atoms with Crippen LogP contribution in [0.3, 0.4) is 0 Å². The Balaban J connectivity index is 2.53. The zero-order valence-electron chi connectivity index (χ0n) is 7.06. The lowest BCUT2D eigenvalue weighted by Gasteiger charge is -2.19. The summed E-state index contributed by atoms with van der Waals surface area (Å²) in [7, 11) is 0. The van der Waals surface area contributed by atoms with Gasteiger partial charge in [0.2, 0.25) is 0 Å². The Morgan fingerprint density at radius 1 is 1.08 bits per heavy atom. The van der Waals surface area contributed by atoms with Gasteiger partial charge in [-0.15, -0.1) is 0 Å². The fourth-order valence-corrected chi connectivity index (χ4v) is 1.76. The van der Waals surface area contributed by atoms with Gasteiger partial charge in [-0.3, -0.25) is 4.79 Å². The van der Waals surface area contributed by atoms with Crippen LogP contribution < -0.4 is 0 Å². The normalized spacial score (nSPS) is 21.8. The van der Waals surface area contributed by atoms with Crippen molar-refractivity contribution < 1.29 is 13.6 Å². The predicted molar refractivity (Wildman–Crippen MR) is 42.2 cm³/mol. The van der Waals surface area contributed by atoms with Crippen LogP contribution in [-0.2, 0) is 4.79 Å². The minimum absolute atomic E-state index is 0.191. The molecule has 0 amide bonds. The number of aldehydes is 1. The molecule has 0 saturated heterocycles. The van der Waals surface area contributed by atoms with E-state index in [-0.39, 0.29) is 6.29 Å². The maximum Gasteiger partial charge on any atom is 0.305 e. The highest BCUT2D eigenvalue weighted by Crippen LogP contribution is 2.33. The van der Waals surface area contributed by atoms with Crippen molar-refractivity contribution in [3.63, 3.8) is 0 Å². The van der Waals surface area contributed by atoms with Gasteiger partial charge in [0, 0.05) is 5.92 Å². The second kappa shape index (κ2) is 3.97. The molecule has 0 N–H and O–H groups in total. The summed E-state index contributed by atoms with van der Waals surface area (Å²) < 4.78 is 25.7.